The van der Waals surface area contributed by atoms with Gasteiger partial charge in [-0.2, -0.15) is 0 Å². The van der Waals surface area contributed by atoms with Crippen LogP contribution in [0.5, 0.6) is 0 Å². The summed E-state index contributed by atoms with van der Waals surface area (Å²) in [6.45, 7) is 6.67. The molecule has 3 aliphatic rings. The predicted octanol–water partition coefficient (Wildman–Crippen LogP) is 5.36. The molecule has 0 amide bonds. The van der Waals surface area contributed by atoms with Gasteiger partial charge < -0.3 is 0 Å². The van der Waals surface area contributed by atoms with Crippen LogP contribution in [-0.2, 0) is 0 Å². The Bertz CT molecular complexity index is 360. The molecule has 0 N–H and O–H groups in total. The summed E-state index contributed by atoms with van der Waals surface area (Å²) in [5, 5.41) is 0. The van der Waals surface area contributed by atoms with Gasteiger partial charge in [0.15, 0.2) is 0 Å². The molecule has 0 aromatic heterocycles. The van der Waals surface area contributed by atoms with Crippen molar-refractivity contribution in [1.29, 1.82) is 0 Å². The van der Waals surface area contributed by atoms with Crippen molar-refractivity contribution in [2.45, 2.75) is 71.1 Å². The van der Waals surface area contributed by atoms with Gasteiger partial charge in [-0.15, -0.1) is 0 Å². The summed E-state index contributed by atoms with van der Waals surface area (Å²) in [5.74, 6) is 1.65. The zero-order valence-corrected chi connectivity index (χ0v) is 11.3. The topological polar surface area (TPSA) is 0 Å². The van der Waals surface area contributed by atoms with Gasteiger partial charge in [-0.05, 0) is 57.8 Å². The molecule has 1 atom stereocenters. The highest BCUT2D eigenvalue weighted by Gasteiger charge is 2.48. The Morgan fingerprint density at radius 1 is 0.941 bits per heavy atom. The first-order chi connectivity index (χ1) is 8.21. The molecule has 0 saturated heterocycles. The van der Waals surface area contributed by atoms with Crippen molar-refractivity contribution in [1.82, 2.24) is 0 Å². The van der Waals surface area contributed by atoms with Crippen LogP contribution < -0.4 is 0 Å². The third-order valence-corrected chi connectivity index (χ3v) is 5.62. The van der Waals surface area contributed by atoms with Gasteiger partial charge in [0.2, 0.25) is 0 Å². The maximum Gasteiger partial charge on any atom is 0.102 e. The second-order valence-electron chi connectivity index (χ2n) is 6.45. The number of allylic oxidation sites excluding steroid dienone is 3. The zero-order valence-electron chi connectivity index (χ0n) is 11.3. The first kappa shape index (κ1) is 11.4. The minimum absolute atomic E-state index is 0.533. The molecule has 1 saturated carbocycles. The van der Waals surface area contributed by atoms with Crippen molar-refractivity contribution in [2.24, 2.45) is 5.41 Å². The van der Waals surface area contributed by atoms with Gasteiger partial charge in [-0.3, -0.25) is 0 Å². The zero-order chi connectivity index (χ0) is 11.9. The van der Waals surface area contributed by atoms with E-state index in [-0.39, 0.29) is 0 Å². The molecule has 3 rings (SSSR count). The minimum Gasteiger partial charge on any atom is -0.0708 e. The molecular formula is C17H25+. The van der Waals surface area contributed by atoms with Crippen LogP contribution in [-0.4, -0.2) is 0 Å². The predicted molar refractivity (Wildman–Crippen MR) is 73.7 cm³/mol. The molecule has 0 nitrogen and oxygen atoms in total. The van der Waals surface area contributed by atoms with E-state index < -0.39 is 0 Å². The van der Waals surface area contributed by atoms with Crippen LogP contribution in [0.3, 0.4) is 0 Å². The van der Waals surface area contributed by atoms with Crippen LogP contribution in [0.15, 0.2) is 23.3 Å². The van der Waals surface area contributed by atoms with Crippen molar-refractivity contribution in [2.75, 3.05) is 0 Å². The summed E-state index contributed by atoms with van der Waals surface area (Å²) in [4.78, 5) is 0. The molecule has 3 aliphatic carbocycles. The van der Waals surface area contributed by atoms with Gasteiger partial charge in [0.05, 0.1) is 11.3 Å². The molecule has 0 aliphatic heterocycles. The Labute approximate surface area is 106 Å². The third-order valence-electron chi connectivity index (χ3n) is 5.62. The molecule has 92 valence electrons. The lowest BCUT2D eigenvalue weighted by atomic mass is 9.57. The van der Waals surface area contributed by atoms with E-state index in [2.05, 4.69) is 13.5 Å². The fraction of sp³-hybridized carbons (Fsp3) is 0.706. The van der Waals surface area contributed by atoms with Crippen molar-refractivity contribution in [3.63, 3.8) is 0 Å². The van der Waals surface area contributed by atoms with Crippen molar-refractivity contribution in [3.05, 3.63) is 29.2 Å². The average molecular weight is 229 g/mol. The molecule has 17 heavy (non-hydrogen) atoms. The van der Waals surface area contributed by atoms with Gasteiger partial charge in [-0.25, -0.2) is 0 Å². The molecule has 1 spiro atoms. The summed E-state index contributed by atoms with van der Waals surface area (Å²) in [6.07, 6.45) is 13.9. The van der Waals surface area contributed by atoms with Crippen molar-refractivity contribution >= 4 is 0 Å². The van der Waals surface area contributed by atoms with Gasteiger partial charge in [-0.1, -0.05) is 11.1 Å². The van der Waals surface area contributed by atoms with E-state index in [1.165, 1.54) is 69.8 Å². The molecule has 0 bridgehead atoms. The standard InChI is InChI=1S/C17H25/c1-13-6-5-10-17(14(13)2)11-9-15-7-3-4-8-16(15)12-17/h1,3-12H2,2H3/q+1. The fourth-order valence-corrected chi connectivity index (χ4v) is 4.36. The van der Waals surface area contributed by atoms with Crippen molar-refractivity contribution < 1.29 is 0 Å². The van der Waals surface area contributed by atoms with Crippen LogP contribution in [0.2, 0.25) is 0 Å². The smallest absolute Gasteiger partial charge is 0.0708 e. The van der Waals surface area contributed by atoms with E-state index in [1.807, 2.05) is 11.1 Å². The number of hydrogen-bond donors (Lipinski definition) is 0. The van der Waals surface area contributed by atoms with Gasteiger partial charge in [0, 0.05) is 19.9 Å². The highest BCUT2D eigenvalue weighted by molar-refractivity contribution is 5.34. The van der Waals surface area contributed by atoms with E-state index in [0.717, 1.165) is 0 Å². The summed E-state index contributed by atoms with van der Waals surface area (Å²) in [5.41, 5.74) is 5.67. The molecule has 1 unspecified atom stereocenters. The molecule has 0 heterocycles. The van der Waals surface area contributed by atoms with E-state index >= 15 is 0 Å². The Kier molecular flexibility index (Phi) is 2.84. The van der Waals surface area contributed by atoms with Crippen molar-refractivity contribution in [3.8, 4) is 0 Å². The lowest BCUT2D eigenvalue weighted by Gasteiger charge is -2.43. The Balaban J connectivity index is 1.85. The van der Waals surface area contributed by atoms with E-state index in [1.54, 1.807) is 5.92 Å². The third kappa shape index (κ3) is 1.86. The number of hydrogen-bond acceptors (Lipinski definition) is 0. The van der Waals surface area contributed by atoms with E-state index in [4.69, 9.17) is 0 Å². The van der Waals surface area contributed by atoms with E-state index in [0.29, 0.717) is 5.41 Å². The average Bonchev–Trinajstić information content (AvgIpc) is 2.36. The highest BCUT2D eigenvalue weighted by atomic mass is 14.5. The number of rotatable bonds is 0. The second-order valence-corrected chi connectivity index (χ2v) is 6.45. The largest absolute Gasteiger partial charge is 0.102 e. The SMILES string of the molecule is C=C1CCCC2(CCC3=C(CCCC3)C2)[C+]1C. The first-order valence-electron chi connectivity index (χ1n) is 7.43. The van der Waals surface area contributed by atoms with Gasteiger partial charge in [0.1, 0.15) is 5.57 Å². The minimum atomic E-state index is 0.533. The summed E-state index contributed by atoms with van der Waals surface area (Å²) < 4.78 is 0. The van der Waals surface area contributed by atoms with Crippen LogP contribution in [0.4, 0.5) is 0 Å². The summed E-state index contributed by atoms with van der Waals surface area (Å²) >= 11 is 0. The van der Waals surface area contributed by atoms with Crippen LogP contribution >= 0.6 is 0 Å². The highest BCUT2D eigenvalue weighted by Crippen LogP contribution is 2.56. The molecule has 0 aromatic carbocycles. The maximum atomic E-state index is 4.30. The molecule has 0 radical (unpaired) electrons. The molecule has 0 aromatic rings. The van der Waals surface area contributed by atoms with Gasteiger partial charge in [0.25, 0.3) is 0 Å². The van der Waals surface area contributed by atoms with Gasteiger partial charge >= 0.3 is 0 Å². The quantitative estimate of drug-likeness (QED) is 0.387. The Hall–Kier alpha value is -0.650. The summed E-state index contributed by atoms with van der Waals surface area (Å²) in [6, 6.07) is 0. The van der Waals surface area contributed by atoms with Crippen LogP contribution in [0.1, 0.15) is 71.1 Å². The first-order valence-corrected chi connectivity index (χ1v) is 7.43. The van der Waals surface area contributed by atoms with Crippen LogP contribution in [0.25, 0.3) is 0 Å². The normalized spacial score (nSPS) is 34.2. The lowest BCUT2D eigenvalue weighted by Crippen LogP contribution is -2.35. The fourth-order valence-electron chi connectivity index (χ4n) is 4.36. The maximum absolute atomic E-state index is 4.30. The van der Waals surface area contributed by atoms with E-state index in [9.17, 15) is 0 Å². The Morgan fingerprint density at radius 3 is 2.53 bits per heavy atom. The molecule has 1 fully saturated rings. The Morgan fingerprint density at radius 2 is 1.71 bits per heavy atom. The molecular weight excluding hydrogens is 204 g/mol. The lowest BCUT2D eigenvalue weighted by molar-refractivity contribution is 0.215. The monoisotopic (exact) mass is 229 g/mol. The summed E-state index contributed by atoms with van der Waals surface area (Å²) in [7, 11) is 0. The van der Waals surface area contributed by atoms with Crippen LogP contribution in [0, 0.1) is 11.3 Å². The molecule has 0 heteroatoms. The second kappa shape index (κ2) is 4.23.